The number of hydrogen-bond donors (Lipinski definition) is 2. The zero-order valence-corrected chi connectivity index (χ0v) is 9.95. The number of aromatic hydroxyl groups is 1. The van der Waals surface area contributed by atoms with E-state index in [9.17, 15) is 9.90 Å². The van der Waals surface area contributed by atoms with Gasteiger partial charge in [-0.15, -0.1) is 0 Å². The number of benzene rings is 1. The number of likely N-dealkylation sites (N-methyl/N-ethyl adjacent to an activating group) is 1. The standard InChI is InChI=1S/C12H18N2O2/c1-4-9-7-10(15)5-6-11(9)13-12(16)8-14(2)3/h5-7,15H,4,8H2,1-3H3,(H,13,16). The van der Waals surface area contributed by atoms with Crippen molar-refractivity contribution in [2.75, 3.05) is 26.0 Å². The van der Waals surface area contributed by atoms with Crippen LogP contribution in [-0.2, 0) is 11.2 Å². The molecule has 16 heavy (non-hydrogen) atoms. The third-order valence-corrected chi connectivity index (χ3v) is 2.20. The molecule has 88 valence electrons. The molecule has 2 N–H and O–H groups in total. The Hall–Kier alpha value is -1.55. The number of anilines is 1. The predicted octanol–water partition coefficient (Wildman–Crippen LogP) is 1.45. The molecule has 0 aliphatic rings. The lowest BCUT2D eigenvalue weighted by Crippen LogP contribution is -2.27. The molecular weight excluding hydrogens is 204 g/mol. The van der Waals surface area contributed by atoms with E-state index in [0.717, 1.165) is 17.7 Å². The largest absolute Gasteiger partial charge is 0.508 e. The lowest BCUT2D eigenvalue weighted by Gasteiger charge is -2.12. The van der Waals surface area contributed by atoms with Crippen molar-refractivity contribution < 1.29 is 9.90 Å². The average molecular weight is 222 g/mol. The number of phenolic OH excluding ortho intramolecular Hbond substituents is 1. The SMILES string of the molecule is CCc1cc(O)ccc1NC(=O)CN(C)C. The number of aryl methyl sites for hydroxylation is 1. The van der Waals surface area contributed by atoms with Crippen molar-refractivity contribution in [1.29, 1.82) is 0 Å². The van der Waals surface area contributed by atoms with Gasteiger partial charge in [-0.05, 0) is 44.3 Å². The first kappa shape index (κ1) is 12.5. The molecule has 0 bridgehead atoms. The second-order valence-electron chi connectivity index (χ2n) is 3.98. The highest BCUT2D eigenvalue weighted by Gasteiger charge is 2.07. The molecule has 4 heteroatoms. The van der Waals surface area contributed by atoms with Crippen LogP contribution in [0.3, 0.4) is 0 Å². The maximum atomic E-state index is 11.6. The first-order valence-corrected chi connectivity index (χ1v) is 5.29. The minimum Gasteiger partial charge on any atom is -0.508 e. The number of nitrogens with one attached hydrogen (secondary N) is 1. The third kappa shape index (κ3) is 3.55. The topological polar surface area (TPSA) is 52.6 Å². The monoisotopic (exact) mass is 222 g/mol. The van der Waals surface area contributed by atoms with E-state index >= 15 is 0 Å². The Labute approximate surface area is 95.9 Å². The van der Waals surface area contributed by atoms with E-state index in [1.54, 1.807) is 23.1 Å². The van der Waals surface area contributed by atoms with Crippen LogP contribution in [0.1, 0.15) is 12.5 Å². The van der Waals surface area contributed by atoms with Gasteiger partial charge in [0.1, 0.15) is 5.75 Å². The summed E-state index contributed by atoms with van der Waals surface area (Å²) in [6, 6.07) is 4.97. The molecule has 0 saturated heterocycles. The molecule has 1 aromatic carbocycles. The molecule has 1 aromatic rings. The van der Waals surface area contributed by atoms with Gasteiger partial charge >= 0.3 is 0 Å². The summed E-state index contributed by atoms with van der Waals surface area (Å²) >= 11 is 0. The van der Waals surface area contributed by atoms with E-state index in [1.165, 1.54) is 0 Å². The molecule has 0 saturated carbocycles. The second-order valence-corrected chi connectivity index (χ2v) is 3.98. The van der Waals surface area contributed by atoms with Gasteiger partial charge in [-0.3, -0.25) is 4.79 Å². The zero-order valence-electron chi connectivity index (χ0n) is 9.95. The molecule has 1 rings (SSSR count). The summed E-state index contributed by atoms with van der Waals surface area (Å²) in [4.78, 5) is 13.4. The van der Waals surface area contributed by atoms with E-state index in [-0.39, 0.29) is 11.7 Å². The van der Waals surface area contributed by atoms with Crippen LogP contribution in [0.25, 0.3) is 0 Å². The van der Waals surface area contributed by atoms with Crippen molar-refractivity contribution >= 4 is 11.6 Å². The summed E-state index contributed by atoms with van der Waals surface area (Å²) in [5, 5.41) is 12.2. The van der Waals surface area contributed by atoms with Gasteiger partial charge in [0.05, 0.1) is 6.54 Å². The van der Waals surface area contributed by atoms with Crippen molar-refractivity contribution in [3.8, 4) is 5.75 Å². The first-order chi connectivity index (χ1) is 7.52. The highest BCUT2D eigenvalue weighted by atomic mass is 16.3. The maximum absolute atomic E-state index is 11.6. The fourth-order valence-corrected chi connectivity index (χ4v) is 1.47. The number of carbonyl (C=O) groups excluding carboxylic acids is 1. The number of amides is 1. The Bertz CT molecular complexity index is 375. The first-order valence-electron chi connectivity index (χ1n) is 5.29. The van der Waals surface area contributed by atoms with Gasteiger partial charge in [-0.2, -0.15) is 0 Å². The molecule has 0 aliphatic carbocycles. The molecule has 0 aromatic heterocycles. The molecule has 4 nitrogen and oxygen atoms in total. The Morgan fingerprint density at radius 2 is 2.12 bits per heavy atom. The van der Waals surface area contributed by atoms with Crippen LogP contribution in [0.4, 0.5) is 5.69 Å². The van der Waals surface area contributed by atoms with E-state index in [4.69, 9.17) is 0 Å². The van der Waals surface area contributed by atoms with E-state index in [2.05, 4.69) is 5.32 Å². The van der Waals surface area contributed by atoms with Crippen molar-refractivity contribution in [3.05, 3.63) is 23.8 Å². The summed E-state index contributed by atoms with van der Waals surface area (Å²) < 4.78 is 0. The fourth-order valence-electron chi connectivity index (χ4n) is 1.47. The highest BCUT2D eigenvalue weighted by molar-refractivity contribution is 5.93. The normalized spacial score (nSPS) is 10.5. The Morgan fingerprint density at radius 3 is 2.69 bits per heavy atom. The van der Waals surface area contributed by atoms with Crippen LogP contribution in [0.2, 0.25) is 0 Å². The minimum absolute atomic E-state index is 0.0506. The lowest BCUT2D eigenvalue weighted by atomic mass is 10.1. The van der Waals surface area contributed by atoms with E-state index in [0.29, 0.717) is 6.54 Å². The van der Waals surface area contributed by atoms with E-state index in [1.807, 2.05) is 21.0 Å². The van der Waals surface area contributed by atoms with Crippen molar-refractivity contribution in [1.82, 2.24) is 4.90 Å². The van der Waals surface area contributed by atoms with Gasteiger partial charge in [0.2, 0.25) is 5.91 Å². The van der Waals surface area contributed by atoms with Gasteiger partial charge in [-0.1, -0.05) is 6.92 Å². The molecule has 0 heterocycles. The number of rotatable bonds is 4. The second kappa shape index (κ2) is 5.51. The Kier molecular flexibility index (Phi) is 4.31. The van der Waals surface area contributed by atoms with Crippen molar-refractivity contribution in [2.45, 2.75) is 13.3 Å². The third-order valence-electron chi connectivity index (χ3n) is 2.20. The van der Waals surface area contributed by atoms with E-state index < -0.39 is 0 Å². The molecule has 0 spiro atoms. The molecular formula is C12H18N2O2. The van der Waals surface area contributed by atoms with Crippen LogP contribution < -0.4 is 5.32 Å². The number of carbonyl (C=O) groups is 1. The maximum Gasteiger partial charge on any atom is 0.238 e. The highest BCUT2D eigenvalue weighted by Crippen LogP contribution is 2.21. The smallest absolute Gasteiger partial charge is 0.238 e. The van der Waals surface area contributed by atoms with Gasteiger partial charge in [0.25, 0.3) is 0 Å². The van der Waals surface area contributed by atoms with Crippen LogP contribution in [0.5, 0.6) is 5.75 Å². The Morgan fingerprint density at radius 1 is 1.44 bits per heavy atom. The summed E-state index contributed by atoms with van der Waals surface area (Å²) in [5.41, 5.74) is 1.71. The fraction of sp³-hybridized carbons (Fsp3) is 0.417. The van der Waals surface area contributed by atoms with Gasteiger partial charge in [0.15, 0.2) is 0 Å². The van der Waals surface area contributed by atoms with Crippen LogP contribution in [0, 0.1) is 0 Å². The number of hydrogen-bond acceptors (Lipinski definition) is 3. The number of phenols is 1. The number of nitrogens with zero attached hydrogens (tertiary/aromatic N) is 1. The van der Waals surface area contributed by atoms with Crippen LogP contribution in [-0.4, -0.2) is 36.6 Å². The molecule has 0 unspecified atom stereocenters. The summed E-state index contributed by atoms with van der Waals surface area (Å²) in [7, 11) is 3.69. The summed E-state index contributed by atoms with van der Waals surface area (Å²) in [5.74, 6) is 0.174. The predicted molar refractivity (Wildman–Crippen MR) is 64.7 cm³/mol. The van der Waals surface area contributed by atoms with Crippen molar-refractivity contribution in [2.24, 2.45) is 0 Å². The summed E-state index contributed by atoms with van der Waals surface area (Å²) in [6.45, 7) is 2.33. The minimum atomic E-state index is -0.0506. The average Bonchev–Trinajstić information content (AvgIpc) is 2.19. The van der Waals surface area contributed by atoms with Gasteiger partial charge in [-0.25, -0.2) is 0 Å². The zero-order chi connectivity index (χ0) is 12.1. The summed E-state index contributed by atoms with van der Waals surface area (Å²) in [6.07, 6.45) is 0.770. The van der Waals surface area contributed by atoms with Crippen molar-refractivity contribution in [3.63, 3.8) is 0 Å². The molecule has 0 aliphatic heterocycles. The van der Waals surface area contributed by atoms with Gasteiger partial charge in [0, 0.05) is 5.69 Å². The Balaban J connectivity index is 2.76. The molecule has 1 amide bonds. The van der Waals surface area contributed by atoms with Gasteiger partial charge < -0.3 is 15.3 Å². The molecule has 0 fully saturated rings. The lowest BCUT2D eigenvalue weighted by molar-refractivity contribution is -0.116. The molecule has 0 radical (unpaired) electrons. The molecule has 0 atom stereocenters. The van der Waals surface area contributed by atoms with Crippen LogP contribution >= 0.6 is 0 Å². The van der Waals surface area contributed by atoms with Crippen LogP contribution in [0.15, 0.2) is 18.2 Å². The quantitative estimate of drug-likeness (QED) is 0.758.